The maximum absolute atomic E-state index is 12.7. The number of nitrogens with zero attached hydrogens (tertiary/aromatic N) is 2. The number of carbonyl (C=O) groups is 1. The van der Waals surface area contributed by atoms with Crippen LogP contribution in [-0.4, -0.2) is 42.2 Å². The molecular formula is C14H17N3O3S2. The Labute approximate surface area is 133 Å². The van der Waals surface area contributed by atoms with E-state index in [0.717, 1.165) is 25.5 Å². The second-order valence-electron chi connectivity index (χ2n) is 5.41. The van der Waals surface area contributed by atoms with E-state index in [9.17, 15) is 13.2 Å². The molecule has 1 atom stereocenters. The molecule has 118 valence electrons. The maximum atomic E-state index is 12.7. The zero-order chi connectivity index (χ0) is 15.7. The van der Waals surface area contributed by atoms with Crippen molar-refractivity contribution in [3.8, 4) is 0 Å². The van der Waals surface area contributed by atoms with E-state index in [4.69, 9.17) is 0 Å². The van der Waals surface area contributed by atoms with Crippen molar-refractivity contribution in [3.05, 3.63) is 34.3 Å². The molecule has 3 rings (SSSR count). The molecular weight excluding hydrogens is 322 g/mol. The van der Waals surface area contributed by atoms with Gasteiger partial charge >= 0.3 is 0 Å². The van der Waals surface area contributed by atoms with Crippen molar-refractivity contribution >= 4 is 27.1 Å². The molecule has 8 heteroatoms. The molecule has 1 fully saturated rings. The molecule has 0 aromatic carbocycles. The fraction of sp³-hybridized carbons (Fsp3) is 0.429. The van der Waals surface area contributed by atoms with E-state index in [1.54, 1.807) is 11.0 Å². The molecule has 0 aliphatic carbocycles. The lowest BCUT2D eigenvalue weighted by molar-refractivity contribution is 0.0607. The summed E-state index contributed by atoms with van der Waals surface area (Å²) in [5.41, 5.74) is 0.520. The van der Waals surface area contributed by atoms with Gasteiger partial charge in [-0.1, -0.05) is 6.07 Å². The van der Waals surface area contributed by atoms with E-state index in [0.29, 0.717) is 17.1 Å². The predicted molar refractivity (Wildman–Crippen MR) is 83.6 cm³/mol. The third-order valence-corrected chi connectivity index (χ3v) is 5.84. The van der Waals surface area contributed by atoms with Crippen molar-refractivity contribution in [3.63, 3.8) is 0 Å². The largest absolute Gasteiger partial charge is 0.329 e. The van der Waals surface area contributed by atoms with Crippen LogP contribution in [0, 0.1) is 0 Å². The van der Waals surface area contributed by atoms with Crippen LogP contribution in [0.4, 0.5) is 0 Å². The highest BCUT2D eigenvalue weighted by molar-refractivity contribution is 7.90. The molecule has 1 unspecified atom stereocenters. The Morgan fingerprint density at radius 1 is 1.45 bits per heavy atom. The lowest BCUT2D eigenvalue weighted by Gasteiger charge is -2.35. The van der Waals surface area contributed by atoms with Crippen molar-refractivity contribution in [2.24, 2.45) is 0 Å². The highest BCUT2D eigenvalue weighted by Gasteiger charge is 2.33. The van der Waals surface area contributed by atoms with Crippen molar-refractivity contribution in [1.29, 1.82) is 0 Å². The van der Waals surface area contributed by atoms with Gasteiger partial charge in [0.25, 0.3) is 5.91 Å². The van der Waals surface area contributed by atoms with Crippen LogP contribution < -0.4 is 0 Å². The van der Waals surface area contributed by atoms with Crippen molar-refractivity contribution in [2.75, 3.05) is 12.8 Å². The van der Waals surface area contributed by atoms with Crippen LogP contribution in [0.5, 0.6) is 0 Å². The molecule has 2 aromatic heterocycles. The molecule has 0 bridgehead atoms. The average Bonchev–Trinajstić information content (AvgIpc) is 3.17. The number of carbonyl (C=O) groups excluding carboxylic acids is 1. The summed E-state index contributed by atoms with van der Waals surface area (Å²) in [4.78, 5) is 15.3. The van der Waals surface area contributed by atoms with E-state index < -0.39 is 9.84 Å². The van der Waals surface area contributed by atoms with Gasteiger partial charge in [-0.25, -0.2) is 8.42 Å². The zero-order valence-electron chi connectivity index (χ0n) is 12.2. The number of aromatic amines is 1. The van der Waals surface area contributed by atoms with E-state index in [2.05, 4.69) is 10.2 Å². The quantitative estimate of drug-likeness (QED) is 0.929. The molecule has 0 radical (unpaired) electrons. The van der Waals surface area contributed by atoms with Crippen molar-refractivity contribution in [1.82, 2.24) is 15.1 Å². The van der Waals surface area contributed by atoms with Gasteiger partial charge in [-0.05, 0) is 30.7 Å². The highest BCUT2D eigenvalue weighted by Crippen LogP contribution is 2.34. The minimum absolute atomic E-state index is 0.0475. The topological polar surface area (TPSA) is 83.1 Å². The number of nitrogens with one attached hydrogen (secondary N) is 1. The molecule has 0 spiro atoms. The Bertz CT molecular complexity index is 765. The number of sulfone groups is 1. The third kappa shape index (κ3) is 2.80. The smallest absolute Gasteiger partial charge is 0.264 e. The van der Waals surface area contributed by atoms with Crippen molar-refractivity contribution in [2.45, 2.75) is 30.2 Å². The second-order valence-corrected chi connectivity index (χ2v) is 8.34. The van der Waals surface area contributed by atoms with Crippen LogP contribution in [0.3, 0.4) is 0 Å². The summed E-state index contributed by atoms with van der Waals surface area (Å²) in [5.74, 6) is -0.0475. The molecule has 1 N–H and O–H groups in total. The Morgan fingerprint density at radius 2 is 2.27 bits per heavy atom. The standard InChI is InChI=1S/C14H17N3O3S2/c1-22(19,20)12-9-15-16-13(12)10-5-2-3-7-17(10)14(18)11-6-4-8-21-11/h4,6,8-10H,2-3,5,7H2,1H3,(H,15,16). The number of piperidine rings is 1. The van der Waals surface area contributed by atoms with Crippen LogP contribution in [0.1, 0.15) is 40.7 Å². The van der Waals surface area contributed by atoms with Crippen LogP contribution in [-0.2, 0) is 9.84 Å². The molecule has 2 aromatic rings. The molecule has 6 nitrogen and oxygen atoms in total. The minimum Gasteiger partial charge on any atom is -0.329 e. The number of hydrogen-bond acceptors (Lipinski definition) is 5. The fourth-order valence-electron chi connectivity index (χ4n) is 2.84. The number of hydrogen-bond donors (Lipinski definition) is 1. The zero-order valence-corrected chi connectivity index (χ0v) is 13.8. The summed E-state index contributed by atoms with van der Waals surface area (Å²) in [6, 6.07) is 3.37. The lowest BCUT2D eigenvalue weighted by atomic mass is 9.99. The van der Waals surface area contributed by atoms with E-state index >= 15 is 0 Å². The SMILES string of the molecule is CS(=O)(=O)c1cn[nH]c1C1CCCCN1C(=O)c1cccs1. The minimum atomic E-state index is -3.37. The van der Waals surface area contributed by atoms with Crippen LogP contribution in [0.2, 0.25) is 0 Å². The normalized spacial score (nSPS) is 19.3. The second kappa shape index (κ2) is 5.85. The van der Waals surface area contributed by atoms with E-state index in [1.165, 1.54) is 17.5 Å². The van der Waals surface area contributed by atoms with E-state index in [-0.39, 0.29) is 16.8 Å². The summed E-state index contributed by atoms with van der Waals surface area (Å²) in [7, 11) is -3.37. The van der Waals surface area contributed by atoms with Gasteiger partial charge in [0.15, 0.2) is 9.84 Å². The number of rotatable bonds is 3. The van der Waals surface area contributed by atoms with Gasteiger partial charge in [0.1, 0.15) is 4.90 Å². The Kier molecular flexibility index (Phi) is 4.05. The van der Waals surface area contributed by atoms with Gasteiger partial charge in [-0.2, -0.15) is 5.10 Å². The summed E-state index contributed by atoms with van der Waals surface area (Å²) >= 11 is 1.40. The lowest BCUT2D eigenvalue weighted by Crippen LogP contribution is -2.38. The van der Waals surface area contributed by atoms with Gasteiger partial charge in [0.2, 0.25) is 0 Å². The van der Waals surface area contributed by atoms with Gasteiger partial charge in [-0.15, -0.1) is 11.3 Å². The Morgan fingerprint density at radius 3 is 2.95 bits per heavy atom. The van der Waals surface area contributed by atoms with Gasteiger partial charge in [0, 0.05) is 12.8 Å². The summed E-state index contributed by atoms with van der Waals surface area (Å²) in [6.07, 6.45) is 5.11. The first-order valence-corrected chi connectivity index (χ1v) is 9.83. The van der Waals surface area contributed by atoms with Crippen LogP contribution in [0.15, 0.2) is 28.6 Å². The number of aromatic nitrogens is 2. The van der Waals surface area contributed by atoms with Gasteiger partial charge in [-0.3, -0.25) is 9.89 Å². The Balaban J connectivity index is 1.97. The fourth-order valence-corrected chi connectivity index (χ4v) is 4.34. The molecule has 1 aliphatic rings. The molecule has 3 heterocycles. The highest BCUT2D eigenvalue weighted by atomic mass is 32.2. The van der Waals surface area contributed by atoms with Gasteiger partial charge in [0.05, 0.1) is 22.8 Å². The third-order valence-electron chi connectivity index (χ3n) is 3.86. The summed E-state index contributed by atoms with van der Waals surface area (Å²) in [6.45, 7) is 0.629. The molecule has 1 aliphatic heterocycles. The number of likely N-dealkylation sites (tertiary alicyclic amines) is 1. The van der Waals surface area contributed by atoms with E-state index in [1.807, 2.05) is 11.4 Å². The molecule has 1 saturated heterocycles. The summed E-state index contributed by atoms with van der Waals surface area (Å²) < 4.78 is 23.8. The average molecular weight is 339 g/mol. The summed E-state index contributed by atoms with van der Waals surface area (Å²) in [5, 5.41) is 8.54. The molecule has 1 amide bonds. The molecule has 22 heavy (non-hydrogen) atoms. The first-order valence-electron chi connectivity index (χ1n) is 7.06. The number of thiophene rings is 1. The first-order chi connectivity index (χ1) is 10.5. The van der Waals surface area contributed by atoms with Crippen LogP contribution in [0.25, 0.3) is 0 Å². The van der Waals surface area contributed by atoms with Crippen LogP contribution >= 0.6 is 11.3 Å². The van der Waals surface area contributed by atoms with Crippen molar-refractivity contribution < 1.29 is 13.2 Å². The Hall–Kier alpha value is -1.67. The predicted octanol–water partition coefficient (Wildman–Crippen LogP) is 2.24. The number of H-pyrrole nitrogens is 1. The monoisotopic (exact) mass is 339 g/mol. The molecule has 0 saturated carbocycles. The van der Waals surface area contributed by atoms with Gasteiger partial charge < -0.3 is 4.90 Å². The maximum Gasteiger partial charge on any atom is 0.264 e. The first kappa shape index (κ1) is 15.2. The number of amides is 1.